The van der Waals surface area contributed by atoms with Crippen molar-refractivity contribution in [2.75, 3.05) is 5.32 Å². The predicted octanol–water partition coefficient (Wildman–Crippen LogP) is 7.18. The third kappa shape index (κ3) is 6.04. The van der Waals surface area contributed by atoms with Crippen LogP contribution in [0.3, 0.4) is 0 Å². The zero-order valence-corrected chi connectivity index (χ0v) is 20.2. The highest BCUT2D eigenvalue weighted by atomic mass is 19.4. The van der Waals surface area contributed by atoms with Gasteiger partial charge < -0.3 is 14.8 Å². The number of anilines is 1. The lowest BCUT2D eigenvalue weighted by molar-refractivity contribution is -0.137. The molecule has 1 N–H and O–H groups in total. The van der Waals surface area contributed by atoms with Gasteiger partial charge in [-0.1, -0.05) is 36.4 Å². The number of nitrogens with zero attached hydrogens (tertiary/aromatic N) is 3. The summed E-state index contributed by atoms with van der Waals surface area (Å²) in [4.78, 5) is 20.9. The molecule has 7 nitrogen and oxygen atoms in total. The van der Waals surface area contributed by atoms with Crippen LogP contribution in [0.4, 0.5) is 28.0 Å². The average Bonchev–Trinajstić information content (AvgIpc) is 3.36. The van der Waals surface area contributed by atoms with Gasteiger partial charge in [0, 0.05) is 23.3 Å². The smallest absolute Gasteiger partial charge is 0.416 e. The summed E-state index contributed by atoms with van der Waals surface area (Å²) in [7, 11) is 0. The van der Waals surface area contributed by atoms with Crippen LogP contribution in [0, 0.1) is 5.82 Å². The van der Waals surface area contributed by atoms with Gasteiger partial charge in [-0.25, -0.2) is 19.2 Å². The van der Waals surface area contributed by atoms with Gasteiger partial charge in [0.2, 0.25) is 5.88 Å². The molecular weight excluding hydrogens is 516 g/mol. The Morgan fingerprint density at radius 1 is 0.923 bits per heavy atom. The topological polar surface area (TPSA) is 78.3 Å². The standard InChI is InChI=1S/C28H20F4N4O3/c29-26-22-11-12-36(27(37)35-20-8-4-7-19(13-20)28(30,31)32)23(22)9-10-24(26)39-25-14-21(33-17-34-25)16-38-15-18-5-2-1-3-6-18/h1-14,17H,15-16H2,(H,35,37). The molecule has 2 aromatic heterocycles. The van der Waals surface area contributed by atoms with Crippen LogP contribution in [0.5, 0.6) is 11.6 Å². The molecule has 0 fully saturated rings. The van der Waals surface area contributed by atoms with Crippen molar-refractivity contribution in [1.82, 2.24) is 14.5 Å². The molecule has 0 aliphatic heterocycles. The van der Waals surface area contributed by atoms with E-state index in [2.05, 4.69) is 15.3 Å². The fourth-order valence-electron chi connectivity index (χ4n) is 3.85. The lowest BCUT2D eigenvalue weighted by Crippen LogP contribution is -2.19. The number of carbonyl (C=O) groups is 1. The van der Waals surface area contributed by atoms with Crippen LogP contribution in [0.2, 0.25) is 0 Å². The number of benzene rings is 3. The number of hydrogen-bond donors (Lipinski definition) is 1. The molecule has 198 valence electrons. The molecule has 0 saturated carbocycles. The van der Waals surface area contributed by atoms with E-state index in [0.29, 0.717) is 12.3 Å². The Balaban J connectivity index is 1.28. The van der Waals surface area contributed by atoms with Crippen LogP contribution in [-0.4, -0.2) is 20.6 Å². The van der Waals surface area contributed by atoms with Gasteiger partial charge in [-0.15, -0.1) is 0 Å². The minimum absolute atomic E-state index is 0.0515. The van der Waals surface area contributed by atoms with E-state index < -0.39 is 23.6 Å². The van der Waals surface area contributed by atoms with Crippen molar-refractivity contribution in [2.24, 2.45) is 0 Å². The Morgan fingerprint density at radius 3 is 2.54 bits per heavy atom. The fraction of sp³-hybridized carbons (Fsp3) is 0.107. The van der Waals surface area contributed by atoms with Gasteiger partial charge >= 0.3 is 12.2 Å². The van der Waals surface area contributed by atoms with Gasteiger partial charge in [-0.3, -0.25) is 4.57 Å². The van der Waals surface area contributed by atoms with Crippen molar-refractivity contribution in [2.45, 2.75) is 19.4 Å². The molecule has 0 unspecified atom stereocenters. The summed E-state index contributed by atoms with van der Waals surface area (Å²) in [6, 6.07) is 18.8. The van der Waals surface area contributed by atoms with E-state index in [-0.39, 0.29) is 34.8 Å². The highest BCUT2D eigenvalue weighted by Gasteiger charge is 2.30. The summed E-state index contributed by atoms with van der Waals surface area (Å²) in [6.45, 7) is 0.587. The molecule has 0 saturated heterocycles. The maximum Gasteiger partial charge on any atom is 0.416 e. The van der Waals surface area contributed by atoms with E-state index in [0.717, 1.165) is 22.3 Å². The number of alkyl halides is 3. The summed E-state index contributed by atoms with van der Waals surface area (Å²) < 4.78 is 66.6. The highest BCUT2D eigenvalue weighted by Crippen LogP contribution is 2.32. The molecule has 5 aromatic rings. The summed E-state index contributed by atoms with van der Waals surface area (Å²) in [5.74, 6) is -0.768. The Labute approximate surface area is 219 Å². The zero-order chi connectivity index (χ0) is 27.4. The van der Waals surface area contributed by atoms with Crippen molar-refractivity contribution in [3.8, 4) is 11.6 Å². The molecule has 3 aromatic carbocycles. The van der Waals surface area contributed by atoms with E-state index in [1.807, 2.05) is 30.3 Å². The second kappa shape index (κ2) is 10.9. The molecule has 0 bridgehead atoms. The van der Waals surface area contributed by atoms with Gasteiger partial charge in [0.25, 0.3) is 0 Å². The largest absolute Gasteiger partial charge is 0.436 e. The third-order valence-corrected chi connectivity index (χ3v) is 5.71. The molecule has 39 heavy (non-hydrogen) atoms. The summed E-state index contributed by atoms with van der Waals surface area (Å²) in [6.07, 6.45) is -1.96. The van der Waals surface area contributed by atoms with E-state index >= 15 is 4.39 Å². The van der Waals surface area contributed by atoms with Gasteiger partial charge in [0.1, 0.15) is 6.33 Å². The Morgan fingerprint density at radius 2 is 1.74 bits per heavy atom. The second-order valence-corrected chi connectivity index (χ2v) is 8.43. The number of rotatable bonds is 7. The molecule has 5 rings (SSSR count). The van der Waals surface area contributed by atoms with E-state index in [1.54, 1.807) is 0 Å². The first-order chi connectivity index (χ1) is 18.8. The molecule has 2 heterocycles. The predicted molar refractivity (Wildman–Crippen MR) is 135 cm³/mol. The minimum atomic E-state index is -4.56. The molecule has 0 atom stereocenters. The molecule has 0 radical (unpaired) electrons. The van der Waals surface area contributed by atoms with Crippen LogP contribution < -0.4 is 10.1 Å². The Bertz CT molecular complexity index is 1620. The monoisotopic (exact) mass is 536 g/mol. The number of hydrogen-bond acceptors (Lipinski definition) is 5. The van der Waals surface area contributed by atoms with Crippen molar-refractivity contribution < 1.29 is 31.8 Å². The fourth-order valence-corrected chi connectivity index (χ4v) is 3.85. The lowest BCUT2D eigenvalue weighted by atomic mass is 10.2. The maximum atomic E-state index is 15.3. The molecule has 0 spiro atoms. The number of nitrogens with one attached hydrogen (secondary N) is 1. The van der Waals surface area contributed by atoms with Crippen molar-refractivity contribution >= 4 is 22.6 Å². The molecule has 0 aliphatic carbocycles. The lowest BCUT2D eigenvalue weighted by Gasteiger charge is -2.11. The summed E-state index contributed by atoms with van der Waals surface area (Å²) in [5.41, 5.74) is 0.788. The van der Waals surface area contributed by atoms with Crippen LogP contribution in [-0.2, 0) is 24.1 Å². The first-order valence-electron chi connectivity index (χ1n) is 11.7. The third-order valence-electron chi connectivity index (χ3n) is 5.71. The normalized spacial score (nSPS) is 11.5. The number of amides is 1. The number of ether oxygens (including phenoxy) is 2. The highest BCUT2D eigenvalue weighted by molar-refractivity contribution is 5.99. The van der Waals surface area contributed by atoms with Crippen molar-refractivity contribution in [3.05, 3.63) is 114 Å². The Kier molecular flexibility index (Phi) is 7.24. The second-order valence-electron chi connectivity index (χ2n) is 8.43. The van der Waals surface area contributed by atoms with Crippen LogP contribution in [0.1, 0.15) is 16.8 Å². The first-order valence-corrected chi connectivity index (χ1v) is 11.7. The first kappa shape index (κ1) is 25.9. The number of carbonyl (C=O) groups excluding carboxylic acids is 1. The number of aromatic nitrogens is 3. The number of halogens is 4. The van der Waals surface area contributed by atoms with Gasteiger partial charge in [-0.2, -0.15) is 13.2 Å². The van der Waals surface area contributed by atoms with Crippen LogP contribution in [0.15, 0.2) is 91.4 Å². The van der Waals surface area contributed by atoms with Crippen LogP contribution in [0.25, 0.3) is 10.9 Å². The zero-order valence-electron chi connectivity index (χ0n) is 20.2. The van der Waals surface area contributed by atoms with E-state index in [4.69, 9.17) is 9.47 Å². The van der Waals surface area contributed by atoms with Gasteiger partial charge in [0.15, 0.2) is 11.6 Å². The minimum Gasteiger partial charge on any atom is -0.436 e. The molecule has 11 heteroatoms. The summed E-state index contributed by atoms with van der Waals surface area (Å²) >= 11 is 0. The maximum absolute atomic E-state index is 15.3. The van der Waals surface area contributed by atoms with E-state index in [1.165, 1.54) is 48.9 Å². The average molecular weight is 536 g/mol. The molecule has 1 amide bonds. The van der Waals surface area contributed by atoms with Crippen molar-refractivity contribution in [3.63, 3.8) is 0 Å². The quantitative estimate of drug-likeness (QED) is 0.223. The number of fused-ring (bicyclic) bond motifs is 1. The summed E-state index contributed by atoms with van der Waals surface area (Å²) in [5, 5.41) is 2.47. The SMILES string of the molecule is O=C(Nc1cccc(C(F)(F)F)c1)n1ccc2c(F)c(Oc3cc(COCc4ccccc4)ncn3)ccc21. The van der Waals surface area contributed by atoms with Crippen molar-refractivity contribution in [1.29, 1.82) is 0 Å². The van der Waals surface area contributed by atoms with E-state index in [9.17, 15) is 18.0 Å². The Hall–Kier alpha value is -4.77. The van der Waals surface area contributed by atoms with Gasteiger partial charge in [0.05, 0.1) is 30.0 Å². The van der Waals surface area contributed by atoms with Gasteiger partial charge in [-0.05, 0) is 42.0 Å². The molecule has 0 aliphatic rings. The van der Waals surface area contributed by atoms with Crippen LogP contribution >= 0.6 is 0 Å². The molecular formula is C28H20F4N4O3.